The molecular formula is C19H30ClN3O4. The molecule has 1 fully saturated rings. The minimum Gasteiger partial charge on any atom is -0.497 e. The molecule has 1 aromatic rings. The Bertz CT molecular complexity index is 636. The fourth-order valence-electron chi connectivity index (χ4n) is 3.21. The van der Waals surface area contributed by atoms with E-state index < -0.39 is 5.54 Å². The van der Waals surface area contributed by atoms with Gasteiger partial charge in [-0.1, -0.05) is 13.3 Å². The molecule has 2 rings (SSSR count). The zero-order valence-electron chi connectivity index (χ0n) is 16.5. The van der Waals surface area contributed by atoms with E-state index in [-0.39, 0.29) is 24.2 Å². The lowest BCUT2D eigenvalue weighted by atomic mass is 9.95. The normalized spacial score (nSPS) is 16.2. The minimum atomic E-state index is -0.846. The molecule has 0 aromatic heterocycles. The SMILES string of the molecule is CCCC(C)(N)C(=O)N1CCN(C(=O)c2cc(OC)cc(OC)c2)CC1.Cl. The summed E-state index contributed by atoms with van der Waals surface area (Å²) >= 11 is 0. The fourth-order valence-corrected chi connectivity index (χ4v) is 3.21. The summed E-state index contributed by atoms with van der Waals surface area (Å²) < 4.78 is 10.5. The maximum atomic E-state index is 12.8. The lowest BCUT2D eigenvalue weighted by molar-refractivity contribution is -0.138. The predicted octanol–water partition coefficient (Wildman–Crippen LogP) is 1.93. The minimum absolute atomic E-state index is 0. The van der Waals surface area contributed by atoms with Gasteiger partial charge in [-0.3, -0.25) is 9.59 Å². The number of carbonyl (C=O) groups excluding carboxylic acids is 2. The van der Waals surface area contributed by atoms with Gasteiger partial charge in [-0.25, -0.2) is 0 Å². The quantitative estimate of drug-likeness (QED) is 0.789. The number of nitrogens with zero attached hydrogens (tertiary/aromatic N) is 2. The molecule has 152 valence electrons. The van der Waals surface area contributed by atoms with E-state index in [9.17, 15) is 9.59 Å². The monoisotopic (exact) mass is 399 g/mol. The molecule has 1 atom stereocenters. The highest BCUT2D eigenvalue weighted by Gasteiger charge is 2.34. The molecule has 7 nitrogen and oxygen atoms in total. The van der Waals surface area contributed by atoms with E-state index in [0.717, 1.165) is 6.42 Å². The summed E-state index contributed by atoms with van der Waals surface area (Å²) in [6, 6.07) is 5.12. The third-order valence-corrected chi connectivity index (χ3v) is 4.71. The molecule has 0 radical (unpaired) electrons. The summed E-state index contributed by atoms with van der Waals surface area (Å²) in [5.74, 6) is 0.993. The van der Waals surface area contributed by atoms with Crippen LogP contribution in [0, 0.1) is 0 Å². The second-order valence-corrected chi connectivity index (χ2v) is 6.85. The fraction of sp³-hybridized carbons (Fsp3) is 0.579. The highest BCUT2D eigenvalue weighted by molar-refractivity contribution is 5.95. The summed E-state index contributed by atoms with van der Waals surface area (Å²) in [6.07, 6.45) is 1.50. The molecule has 27 heavy (non-hydrogen) atoms. The van der Waals surface area contributed by atoms with Gasteiger partial charge in [0.1, 0.15) is 11.5 Å². The summed E-state index contributed by atoms with van der Waals surface area (Å²) in [4.78, 5) is 28.9. The van der Waals surface area contributed by atoms with Crippen molar-refractivity contribution in [3.8, 4) is 11.5 Å². The number of methoxy groups -OCH3 is 2. The average Bonchev–Trinajstić information content (AvgIpc) is 2.66. The Balaban J connectivity index is 0.00000364. The van der Waals surface area contributed by atoms with Crippen LogP contribution in [0.15, 0.2) is 18.2 Å². The number of ether oxygens (including phenoxy) is 2. The van der Waals surface area contributed by atoms with Crippen LogP contribution in [0.2, 0.25) is 0 Å². The Morgan fingerprint density at radius 1 is 1.04 bits per heavy atom. The van der Waals surface area contributed by atoms with E-state index in [1.807, 2.05) is 6.92 Å². The maximum absolute atomic E-state index is 12.8. The lowest BCUT2D eigenvalue weighted by Crippen LogP contribution is -2.58. The number of hydrogen-bond acceptors (Lipinski definition) is 5. The second-order valence-electron chi connectivity index (χ2n) is 6.85. The van der Waals surface area contributed by atoms with Gasteiger partial charge in [0.2, 0.25) is 5.91 Å². The molecule has 0 bridgehead atoms. The van der Waals surface area contributed by atoms with Gasteiger partial charge in [0.15, 0.2) is 0 Å². The van der Waals surface area contributed by atoms with E-state index in [1.54, 1.807) is 49.1 Å². The number of carbonyl (C=O) groups is 2. The summed E-state index contributed by atoms with van der Waals surface area (Å²) in [6.45, 7) is 5.72. The molecule has 8 heteroatoms. The number of benzene rings is 1. The third-order valence-electron chi connectivity index (χ3n) is 4.71. The van der Waals surface area contributed by atoms with E-state index >= 15 is 0 Å². The lowest BCUT2D eigenvalue weighted by Gasteiger charge is -2.38. The van der Waals surface area contributed by atoms with Crippen molar-refractivity contribution in [2.24, 2.45) is 5.73 Å². The van der Waals surface area contributed by atoms with Gasteiger partial charge in [-0.2, -0.15) is 0 Å². The highest BCUT2D eigenvalue weighted by atomic mass is 35.5. The van der Waals surface area contributed by atoms with Gasteiger partial charge in [-0.15, -0.1) is 12.4 Å². The zero-order chi connectivity index (χ0) is 19.3. The number of halogens is 1. The van der Waals surface area contributed by atoms with Crippen LogP contribution in [-0.2, 0) is 4.79 Å². The van der Waals surface area contributed by atoms with E-state index in [0.29, 0.717) is 49.7 Å². The van der Waals surface area contributed by atoms with Crippen molar-refractivity contribution in [2.45, 2.75) is 32.2 Å². The topological polar surface area (TPSA) is 85.1 Å². The van der Waals surface area contributed by atoms with E-state index in [1.165, 1.54) is 0 Å². The molecule has 1 aromatic carbocycles. The van der Waals surface area contributed by atoms with Crippen LogP contribution in [0.25, 0.3) is 0 Å². The van der Waals surface area contributed by atoms with Gasteiger partial charge in [0, 0.05) is 37.8 Å². The van der Waals surface area contributed by atoms with Crippen LogP contribution in [0.1, 0.15) is 37.0 Å². The Labute approximate surface area is 167 Å². The number of rotatable bonds is 6. The third kappa shape index (κ3) is 5.49. The van der Waals surface area contributed by atoms with Gasteiger partial charge in [0.05, 0.1) is 19.8 Å². The van der Waals surface area contributed by atoms with Crippen LogP contribution in [0.4, 0.5) is 0 Å². The summed E-state index contributed by atoms with van der Waals surface area (Å²) in [7, 11) is 3.10. The van der Waals surface area contributed by atoms with Crippen LogP contribution in [-0.4, -0.2) is 67.6 Å². The van der Waals surface area contributed by atoms with Gasteiger partial charge >= 0.3 is 0 Å². The van der Waals surface area contributed by atoms with Gasteiger partial charge < -0.3 is 25.0 Å². The highest BCUT2D eigenvalue weighted by Crippen LogP contribution is 2.24. The Hall–Kier alpha value is -1.99. The molecule has 1 saturated heterocycles. The van der Waals surface area contributed by atoms with Crippen molar-refractivity contribution in [2.75, 3.05) is 40.4 Å². The Kier molecular flexibility index (Phi) is 8.37. The van der Waals surface area contributed by atoms with Crippen molar-refractivity contribution in [3.05, 3.63) is 23.8 Å². The van der Waals surface area contributed by atoms with Crippen molar-refractivity contribution < 1.29 is 19.1 Å². The standard InChI is InChI=1S/C19H29N3O4.ClH/c1-5-6-19(2,20)18(24)22-9-7-21(8-10-22)17(23)14-11-15(25-3)13-16(12-14)26-4;/h11-13H,5-10,20H2,1-4H3;1H. The van der Waals surface area contributed by atoms with Crippen molar-refractivity contribution in [3.63, 3.8) is 0 Å². The van der Waals surface area contributed by atoms with Gasteiger partial charge in [-0.05, 0) is 25.5 Å². The largest absolute Gasteiger partial charge is 0.497 e. The molecule has 1 heterocycles. The first-order chi connectivity index (χ1) is 12.3. The van der Waals surface area contributed by atoms with E-state index in [4.69, 9.17) is 15.2 Å². The first-order valence-corrected chi connectivity index (χ1v) is 8.93. The number of hydrogen-bond donors (Lipinski definition) is 1. The van der Waals surface area contributed by atoms with Crippen molar-refractivity contribution >= 4 is 24.2 Å². The molecule has 0 aliphatic carbocycles. The number of nitrogens with two attached hydrogens (primary N) is 1. The van der Waals surface area contributed by atoms with Crippen LogP contribution < -0.4 is 15.2 Å². The first-order valence-electron chi connectivity index (χ1n) is 8.93. The predicted molar refractivity (Wildman–Crippen MR) is 107 cm³/mol. The molecule has 0 saturated carbocycles. The summed E-state index contributed by atoms with van der Waals surface area (Å²) in [5, 5.41) is 0. The first kappa shape index (κ1) is 23.0. The van der Waals surface area contributed by atoms with Crippen LogP contribution >= 0.6 is 12.4 Å². The Morgan fingerprint density at radius 3 is 1.96 bits per heavy atom. The molecule has 1 aliphatic heterocycles. The number of amides is 2. The molecule has 1 unspecified atom stereocenters. The maximum Gasteiger partial charge on any atom is 0.254 e. The van der Waals surface area contributed by atoms with Crippen LogP contribution in [0.3, 0.4) is 0 Å². The molecule has 2 N–H and O–H groups in total. The van der Waals surface area contributed by atoms with Crippen molar-refractivity contribution in [1.82, 2.24) is 9.80 Å². The van der Waals surface area contributed by atoms with Crippen LogP contribution in [0.5, 0.6) is 11.5 Å². The molecule has 1 aliphatic rings. The van der Waals surface area contributed by atoms with E-state index in [2.05, 4.69) is 0 Å². The van der Waals surface area contributed by atoms with Crippen molar-refractivity contribution in [1.29, 1.82) is 0 Å². The molecule has 0 spiro atoms. The molecule has 2 amide bonds. The number of piperazine rings is 1. The average molecular weight is 400 g/mol. The summed E-state index contributed by atoms with van der Waals surface area (Å²) in [5.41, 5.74) is 5.82. The van der Waals surface area contributed by atoms with Gasteiger partial charge in [0.25, 0.3) is 5.91 Å². The second kappa shape index (κ2) is 9.80. The smallest absolute Gasteiger partial charge is 0.254 e. The molecular weight excluding hydrogens is 370 g/mol. The Morgan fingerprint density at radius 2 is 1.52 bits per heavy atom. The zero-order valence-corrected chi connectivity index (χ0v) is 17.3.